The van der Waals surface area contributed by atoms with E-state index in [0.29, 0.717) is 6.54 Å². The first-order chi connectivity index (χ1) is 7.84. The van der Waals surface area contributed by atoms with Crippen molar-refractivity contribution >= 4 is 16.3 Å². The van der Waals surface area contributed by atoms with E-state index in [1.807, 2.05) is 13.8 Å². The van der Waals surface area contributed by atoms with Crippen LogP contribution in [0, 0.1) is 5.41 Å². The highest BCUT2D eigenvalue weighted by atomic mass is 32.2. The minimum atomic E-state index is -3.89. The average molecular weight is 267 g/mol. The van der Waals surface area contributed by atoms with Gasteiger partial charge in [0.2, 0.25) is 0 Å². The van der Waals surface area contributed by atoms with Gasteiger partial charge in [0.25, 0.3) is 0 Å². The van der Waals surface area contributed by atoms with Crippen molar-refractivity contribution in [2.45, 2.75) is 26.7 Å². The molecule has 7 nitrogen and oxygen atoms in total. The minimum absolute atomic E-state index is 0.183. The van der Waals surface area contributed by atoms with Gasteiger partial charge in [0.15, 0.2) is 0 Å². The predicted molar refractivity (Wildman–Crippen MR) is 64.5 cm³/mol. The molecular weight excluding hydrogens is 246 g/mol. The molecule has 0 spiro atoms. The summed E-state index contributed by atoms with van der Waals surface area (Å²) in [5, 5.41) is 0. The van der Waals surface area contributed by atoms with Gasteiger partial charge < -0.3 is 10.5 Å². The van der Waals surface area contributed by atoms with E-state index in [2.05, 4.69) is 9.46 Å². The zero-order valence-electron chi connectivity index (χ0n) is 10.4. The highest BCUT2D eigenvalue weighted by Crippen LogP contribution is 2.23. The van der Waals surface area contributed by atoms with Gasteiger partial charge in [-0.2, -0.15) is 13.1 Å². The van der Waals surface area contributed by atoms with E-state index in [1.165, 1.54) is 0 Å². The Kier molecular flexibility index (Phi) is 6.43. The van der Waals surface area contributed by atoms with Gasteiger partial charge in [-0.15, -0.1) is 0 Å². The summed E-state index contributed by atoms with van der Waals surface area (Å²) in [5.41, 5.74) is 5.35. The van der Waals surface area contributed by atoms with Crippen molar-refractivity contribution in [1.82, 2.24) is 9.44 Å². The van der Waals surface area contributed by atoms with Crippen molar-refractivity contribution in [2.24, 2.45) is 11.1 Å². The number of carbonyl (C=O) groups excluding carboxylic acids is 1. The maximum atomic E-state index is 11.4. The summed E-state index contributed by atoms with van der Waals surface area (Å²) in [4.78, 5) is 10.8. The van der Waals surface area contributed by atoms with Crippen LogP contribution in [0.5, 0.6) is 0 Å². The van der Waals surface area contributed by atoms with Crippen molar-refractivity contribution < 1.29 is 17.9 Å². The molecule has 0 aromatic rings. The zero-order chi connectivity index (χ0) is 13.5. The predicted octanol–water partition coefficient (Wildman–Crippen LogP) is -0.0581. The number of carbonyl (C=O) groups is 1. The molecule has 0 radical (unpaired) electrons. The first-order valence-electron chi connectivity index (χ1n) is 5.40. The van der Waals surface area contributed by atoms with Crippen molar-refractivity contribution in [2.75, 3.05) is 20.2 Å². The lowest BCUT2D eigenvalue weighted by molar-refractivity contribution is 0.177. The van der Waals surface area contributed by atoms with Gasteiger partial charge in [-0.25, -0.2) is 9.52 Å². The Morgan fingerprint density at radius 2 is 1.88 bits per heavy atom. The van der Waals surface area contributed by atoms with Crippen LogP contribution in [-0.2, 0) is 14.9 Å². The Hall–Kier alpha value is -0.860. The molecule has 0 unspecified atom stereocenters. The van der Waals surface area contributed by atoms with E-state index in [9.17, 15) is 13.2 Å². The number of nitrogens with two attached hydrogens (primary N) is 1. The summed E-state index contributed by atoms with van der Waals surface area (Å²) in [6, 6.07) is 0. The molecule has 0 aliphatic rings. The number of methoxy groups -OCH3 is 1. The Labute approximate surface area is 102 Å². The van der Waals surface area contributed by atoms with Gasteiger partial charge >= 0.3 is 16.3 Å². The molecule has 0 aliphatic carbocycles. The SMILES string of the molecule is CCC(CC)(CN)CNS(=O)(=O)NC(=O)OC. The fraction of sp³-hybridized carbons (Fsp3) is 0.889. The lowest BCUT2D eigenvalue weighted by Crippen LogP contribution is -2.47. The number of amides is 1. The molecule has 0 aromatic carbocycles. The van der Waals surface area contributed by atoms with Crippen LogP contribution in [-0.4, -0.2) is 34.7 Å². The van der Waals surface area contributed by atoms with Gasteiger partial charge in [-0.3, -0.25) is 0 Å². The fourth-order valence-corrected chi connectivity index (χ4v) is 2.17. The molecule has 0 heterocycles. The summed E-state index contributed by atoms with van der Waals surface area (Å²) in [6.07, 6.45) is 0.477. The monoisotopic (exact) mass is 267 g/mol. The summed E-state index contributed by atoms with van der Waals surface area (Å²) in [5.74, 6) is 0. The molecule has 0 bridgehead atoms. The van der Waals surface area contributed by atoms with Crippen LogP contribution in [0.15, 0.2) is 0 Å². The molecule has 4 N–H and O–H groups in total. The number of nitrogens with one attached hydrogen (secondary N) is 2. The van der Waals surface area contributed by atoms with Crippen LogP contribution in [0.1, 0.15) is 26.7 Å². The van der Waals surface area contributed by atoms with Crippen LogP contribution >= 0.6 is 0 Å². The first kappa shape index (κ1) is 16.1. The van der Waals surface area contributed by atoms with E-state index >= 15 is 0 Å². The molecular formula is C9H21N3O4S. The average Bonchev–Trinajstić information content (AvgIpc) is 2.31. The van der Waals surface area contributed by atoms with Crippen LogP contribution in [0.4, 0.5) is 4.79 Å². The van der Waals surface area contributed by atoms with E-state index < -0.39 is 16.3 Å². The fourth-order valence-electron chi connectivity index (χ4n) is 1.30. The maximum absolute atomic E-state index is 11.4. The normalized spacial score (nSPS) is 12.2. The van der Waals surface area contributed by atoms with Gasteiger partial charge in [-0.05, 0) is 24.8 Å². The Balaban J connectivity index is 4.49. The summed E-state index contributed by atoms with van der Waals surface area (Å²) < 4.78 is 31.1. The summed E-state index contributed by atoms with van der Waals surface area (Å²) >= 11 is 0. The lowest BCUT2D eigenvalue weighted by Gasteiger charge is -2.29. The largest absolute Gasteiger partial charge is 0.452 e. The number of hydrogen-bond donors (Lipinski definition) is 3. The van der Waals surface area contributed by atoms with Crippen molar-refractivity contribution in [3.8, 4) is 0 Å². The molecule has 8 heteroatoms. The van der Waals surface area contributed by atoms with E-state index in [0.717, 1.165) is 20.0 Å². The third-order valence-electron chi connectivity index (χ3n) is 2.97. The highest BCUT2D eigenvalue weighted by molar-refractivity contribution is 7.88. The molecule has 0 aromatic heterocycles. The van der Waals surface area contributed by atoms with E-state index in [1.54, 1.807) is 4.72 Å². The second-order valence-corrected chi connectivity index (χ2v) is 5.33. The molecule has 1 amide bonds. The Morgan fingerprint density at radius 3 is 2.24 bits per heavy atom. The van der Waals surface area contributed by atoms with Crippen molar-refractivity contribution in [3.05, 3.63) is 0 Å². The van der Waals surface area contributed by atoms with Crippen LogP contribution in [0.2, 0.25) is 0 Å². The topological polar surface area (TPSA) is 111 Å². The highest BCUT2D eigenvalue weighted by Gasteiger charge is 2.27. The number of rotatable bonds is 7. The molecule has 0 fully saturated rings. The minimum Gasteiger partial charge on any atom is -0.452 e. The van der Waals surface area contributed by atoms with Gasteiger partial charge in [-0.1, -0.05) is 13.8 Å². The van der Waals surface area contributed by atoms with E-state index in [-0.39, 0.29) is 12.0 Å². The molecule has 0 saturated heterocycles. The van der Waals surface area contributed by atoms with Crippen molar-refractivity contribution in [3.63, 3.8) is 0 Å². The number of ether oxygens (including phenoxy) is 1. The van der Waals surface area contributed by atoms with Crippen LogP contribution in [0.3, 0.4) is 0 Å². The third-order valence-corrected chi connectivity index (χ3v) is 3.93. The summed E-state index contributed by atoms with van der Waals surface area (Å²) in [7, 11) is -2.80. The van der Waals surface area contributed by atoms with Crippen molar-refractivity contribution in [1.29, 1.82) is 0 Å². The molecule has 0 rings (SSSR count). The Bertz CT molecular complexity index is 330. The zero-order valence-corrected chi connectivity index (χ0v) is 11.3. The molecule has 102 valence electrons. The second-order valence-electron chi connectivity index (χ2n) is 3.83. The Morgan fingerprint density at radius 1 is 1.35 bits per heavy atom. The lowest BCUT2D eigenvalue weighted by atomic mass is 9.83. The number of hydrogen-bond acceptors (Lipinski definition) is 5. The maximum Gasteiger partial charge on any atom is 0.421 e. The smallest absolute Gasteiger partial charge is 0.421 e. The van der Waals surface area contributed by atoms with Crippen LogP contribution < -0.4 is 15.2 Å². The molecule has 0 saturated carbocycles. The van der Waals surface area contributed by atoms with Gasteiger partial charge in [0, 0.05) is 6.54 Å². The second kappa shape index (κ2) is 6.77. The van der Waals surface area contributed by atoms with Gasteiger partial charge in [0.1, 0.15) is 0 Å². The molecule has 17 heavy (non-hydrogen) atoms. The molecule has 0 atom stereocenters. The first-order valence-corrected chi connectivity index (χ1v) is 6.88. The quantitative estimate of drug-likeness (QED) is 0.598. The van der Waals surface area contributed by atoms with Crippen LogP contribution in [0.25, 0.3) is 0 Å². The standard InChI is InChI=1S/C9H21N3O4S/c1-4-9(5-2,6-10)7-11-17(14,15)12-8(13)16-3/h11H,4-7,10H2,1-3H3,(H,12,13). The van der Waals surface area contributed by atoms with Gasteiger partial charge in [0.05, 0.1) is 7.11 Å². The van der Waals surface area contributed by atoms with E-state index in [4.69, 9.17) is 5.73 Å². The summed E-state index contributed by atoms with van der Waals surface area (Å²) in [6.45, 7) is 4.44. The molecule has 0 aliphatic heterocycles. The third kappa shape index (κ3) is 5.33.